The average Bonchev–Trinajstić information content (AvgIpc) is 3.18. The molecule has 3 heterocycles. The van der Waals surface area contributed by atoms with Crippen molar-refractivity contribution in [1.29, 1.82) is 0 Å². The fourth-order valence-corrected chi connectivity index (χ4v) is 5.63. The van der Waals surface area contributed by atoms with Gasteiger partial charge < -0.3 is 10.0 Å². The fourth-order valence-electron chi connectivity index (χ4n) is 4.34. The highest BCUT2D eigenvalue weighted by molar-refractivity contribution is 7.20. The van der Waals surface area contributed by atoms with Crippen LogP contribution < -0.4 is 11.2 Å². The van der Waals surface area contributed by atoms with Crippen molar-refractivity contribution in [2.45, 2.75) is 51.7 Å². The number of hydrogen-bond donors (Lipinski definition) is 1. The number of fused-ring (bicyclic) bond motifs is 1. The number of thiophene rings is 1. The highest BCUT2D eigenvalue weighted by Gasteiger charge is 2.30. The number of aromatic nitrogens is 2. The lowest BCUT2D eigenvalue weighted by Crippen LogP contribution is -2.41. The zero-order valence-corrected chi connectivity index (χ0v) is 20.4. The minimum atomic E-state index is -4.87. The Morgan fingerprint density at radius 2 is 1.78 bits per heavy atom. The SMILES string of the molecule is Cc1c(C(=O)N2CCC(O)CC2)sc2c1c(=O)n(CCc1ccccc1)c(=O)n2CCOC(F)(F)F. The molecule has 1 fully saturated rings. The molecule has 1 amide bonds. The second-order valence-corrected chi connectivity index (χ2v) is 9.68. The van der Waals surface area contributed by atoms with Gasteiger partial charge in [0.15, 0.2) is 0 Å². The normalized spacial score (nSPS) is 15.1. The highest BCUT2D eigenvalue weighted by atomic mass is 32.1. The van der Waals surface area contributed by atoms with Gasteiger partial charge in [0.2, 0.25) is 0 Å². The predicted octanol–water partition coefficient (Wildman–Crippen LogP) is 2.91. The predicted molar refractivity (Wildman–Crippen MR) is 128 cm³/mol. The van der Waals surface area contributed by atoms with Crippen molar-refractivity contribution in [1.82, 2.24) is 14.0 Å². The molecule has 0 spiro atoms. The standard InChI is InChI=1S/C24H26F3N3O5S/c1-15-18-20(32)29(12-7-16-5-3-2-4-6-16)23(34)30(13-14-35-24(25,26)27)22(18)36-19(15)21(33)28-10-8-17(31)9-11-28/h2-6,17,31H,7-14H2,1H3. The van der Waals surface area contributed by atoms with Crippen molar-refractivity contribution in [3.8, 4) is 0 Å². The van der Waals surface area contributed by atoms with Gasteiger partial charge in [0.1, 0.15) is 4.83 Å². The number of carbonyl (C=O) groups excluding carboxylic acids is 1. The number of nitrogens with zero attached hydrogens (tertiary/aromatic N) is 3. The molecule has 0 atom stereocenters. The van der Waals surface area contributed by atoms with Gasteiger partial charge in [-0.25, -0.2) is 4.79 Å². The van der Waals surface area contributed by atoms with Gasteiger partial charge in [-0.1, -0.05) is 30.3 Å². The summed E-state index contributed by atoms with van der Waals surface area (Å²) in [6.07, 6.45) is -4.11. The number of aliphatic hydroxyl groups excluding tert-OH is 1. The first-order chi connectivity index (χ1) is 17.1. The molecule has 4 rings (SSSR count). The van der Waals surface area contributed by atoms with Gasteiger partial charge in [-0.3, -0.25) is 23.5 Å². The molecule has 8 nitrogen and oxygen atoms in total. The zero-order valence-electron chi connectivity index (χ0n) is 19.6. The summed E-state index contributed by atoms with van der Waals surface area (Å²) in [4.78, 5) is 41.9. The second kappa shape index (κ2) is 10.6. The lowest BCUT2D eigenvalue weighted by atomic mass is 10.1. The Bertz CT molecular complexity index is 1360. The van der Waals surface area contributed by atoms with E-state index in [1.807, 2.05) is 30.3 Å². The molecular formula is C24H26F3N3O5S. The minimum absolute atomic E-state index is 0.0281. The lowest BCUT2D eigenvalue weighted by Gasteiger charge is -2.29. The Kier molecular flexibility index (Phi) is 7.67. The first-order valence-electron chi connectivity index (χ1n) is 11.6. The van der Waals surface area contributed by atoms with E-state index in [2.05, 4.69) is 4.74 Å². The Morgan fingerprint density at radius 1 is 1.11 bits per heavy atom. The molecule has 0 radical (unpaired) electrons. The van der Waals surface area contributed by atoms with Gasteiger partial charge in [0, 0.05) is 19.6 Å². The van der Waals surface area contributed by atoms with Crippen LogP contribution in [0.1, 0.15) is 33.6 Å². The van der Waals surface area contributed by atoms with E-state index in [0.717, 1.165) is 26.0 Å². The van der Waals surface area contributed by atoms with Crippen molar-refractivity contribution < 1.29 is 27.8 Å². The minimum Gasteiger partial charge on any atom is -0.393 e. The molecule has 0 unspecified atom stereocenters. The van der Waals surface area contributed by atoms with Gasteiger partial charge in [-0.15, -0.1) is 24.5 Å². The maximum Gasteiger partial charge on any atom is 0.522 e. The average molecular weight is 526 g/mol. The molecule has 12 heteroatoms. The topological polar surface area (TPSA) is 93.8 Å². The Labute approximate surface area is 208 Å². The van der Waals surface area contributed by atoms with Crippen molar-refractivity contribution in [3.05, 3.63) is 67.2 Å². The number of aliphatic hydroxyl groups is 1. The molecule has 1 aliphatic rings. The highest BCUT2D eigenvalue weighted by Crippen LogP contribution is 2.30. The van der Waals surface area contributed by atoms with Gasteiger partial charge in [0.05, 0.1) is 29.5 Å². The maximum absolute atomic E-state index is 13.4. The summed E-state index contributed by atoms with van der Waals surface area (Å²) in [6.45, 7) is 1.07. The van der Waals surface area contributed by atoms with Crippen LogP contribution >= 0.6 is 11.3 Å². The van der Waals surface area contributed by atoms with Crippen LogP contribution in [0, 0.1) is 6.92 Å². The summed E-state index contributed by atoms with van der Waals surface area (Å²) in [7, 11) is 0. The molecule has 1 saturated heterocycles. The summed E-state index contributed by atoms with van der Waals surface area (Å²) in [6, 6.07) is 9.19. The van der Waals surface area contributed by atoms with E-state index in [-0.39, 0.29) is 27.5 Å². The van der Waals surface area contributed by atoms with E-state index in [1.54, 1.807) is 11.8 Å². The van der Waals surface area contributed by atoms with Gasteiger partial charge in [0.25, 0.3) is 11.5 Å². The summed E-state index contributed by atoms with van der Waals surface area (Å²) in [5, 5.41) is 9.88. The van der Waals surface area contributed by atoms with E-state index in [9.17, 15) is 32.7 Å². The van der Waals surface area contributed by atoms with E-state index < -0.39 is 36.9 Å². The van der Waals surface area contributed by atoms with Crippen LogP contribution in [0.25, 0.3) is 10.2 Å². The largest absolute Gasteiger partial charge is 0.522 e. The molecule has 194 valence electrons. The summed E-state index contributed by atoms with van der Waals surface area (Å²) >= 11 is 0.922. The number of alkyl halides is 3. The van der Waals surface area contributed by atoms with E-state index in [1.165, 1.54) is 0 Å². The number of carbonyl (C=O) groups is 1. The third-order valence-corrected chi connectivity index (χ3v) is 7.59. The van der Waals surface area contributed by atoms with E-state index in [4.69, 9.17) is 0 Å². The van der Waals surface area contributed by atoms with Crippen molar-refractivity contribution in [2.75, 3.05) is 19.7 Å². The zero-order chi connectivity index (χ0) is 26.0. The molecule has 0 saturated carbocycles. The third kappa shape index (κ3) is 5.55. The molecule has 36 heavy (non-hydrogen) atoms. The number of hydrogen-bond acceptors (Lipinski definition) is 6. The van der Waals surface area contributed by atoms with Crippen LogP contribution in [0.15, 0.2) is 39.9 Å². The van der Waals surface area contributed by atoms with Crippen LogP contribution in [-0.2, 0) is 24.2 Å². The van der Waals surface area contributed by atoms with Crippen LogP contribution in [-0.4, -0.2) is 57.2 Å². The molecule has 1 aliphatic heterocycles. The summed E-state index contributed by atoms with van der Waals surface area (Å²) in [5.41, 5.74) is -0.0625. The number of aryl methyl sites for hydroxylation is 2. The van der Waals surface area contributed by atoms with Crippen molar-refractivity contribution >= 4 is 27.5 Å². The van der Waals surface area contributed by atoms with Gasteiger partial charge >= 0.3 is 12.1 Å². The maximum atomic E-state index is 13.4. The van der Waals surface area contributed by atoms with Crippen LogP contribution in [0.3, 0.4) is 0 Å². The van der Waals surface area contributed by atoms with Crippen LogP contribution in [0.5, 0.6) is 0 Å². The molecular weight excluding hydrogens is 499 g/mol. The smallest absolute Gasteiger partial charge is 0.393 e. The van der Waals surface area contributed by atoms with Crippen molar-refractivity contribution in [3.63, 3.8) is 0 Å². The molecule has 1 aromatic carbocycles. The molecule has 2 aromatic heterocycles. The van der Waals surface area contributed by atoms with E-state index >= 15 is 0 Å². The van der Waals surface area contributed by atoms with Gasteiger partial charge in [-0.05, 0) is 37.3 Å². The van der Waals surface area contributed by atoms with Crippen molar-refractivity contribution in [2.24, 2.45) is 0 Å². The fraction of sp³-hybridized carbons (Fsp3) is 0.458. The Balaban J connectivity index is 1.77. The quantitative estimate of drug-likeness (QED) is 0.512. The molecule has 0 bridgehead atoms. The lowest BCUT2D eigenvalue weighted by molar-refractivity contribution is -0.325. The number of ether oxygens (including phenoxy) is 1. The number of benzene rings is 1. The first kappa shape index (κ1) is 26.1. The summed E-state index contributed by atoms with van der Waals surface area (Å²) in [5.74, 6) is -0.332. The monoisotopic (exact) mass is 525 g/mol. The van der Waals surface area contributed by atoms with Crippen LogP contribution in [0.2, 0.25) is 0 Å². The number of halogens is 3. The number of rotatable bonds is 7. The van der Waals surface area contributed by atoms with E-state index in [0.29, 0.717) is 37.9 Å². The number of piperidine rings is 1. The Hall–Kier alpha value is -2.96. The van der Waals surface area contributed by atoms with Crippen LogP contribution in [0.4, 0.5) is 13.2 Å². The van der Waals surface area contributed by atoms with Gasteiger partial charge in [-0.2, -0.15) is 0 Å². The Morgan fingerprint density at radius 3 is 2.42 bits per heavy atom. The molecule has 3 aromatic rings. The summed E-state index contributed by atoms with van der Waals surface area (Å²) < 4.78 is 43.8. The second-order valence-electron chi connectivity index (χ2n) is 8.68. The third-order valence-electron chi connectivity index (χ3n) is 6.29. The molecule has 0 aliphatic carbocycles. The number of likely N-dealkylation sites (tertiary alicyclic amines) is 1. The number of amides is 1. The molecule has 1 N–H and O–H groups in total. The first-order valence-corrected chi connectivity index (χ1v) is 12.4.